The Balaban J connectivity index is 2.55. The molecule has 1 heterocycles. The van der Waals surface area contributed by atoms with Crippen LogP contribution < -0.4 is 0 Å². The zero-order chi connectivity index (χ0) is 15.8. The van der Waals surface area contributed by atoms with Crippen LogP contribution in [-0.4, -0.2) is 35.9 Å². The fourth-order valence-corrected chi connectivity index (χ4v) is 5.60. The van der Waals surface area contributed by atoms with Gasteiger partial charge in [0.2, 0.25) is 10.0 Å². The second-order valence-electron chi connectivity index (χ2n) is 4.95. The highest BCUT2D eigenvalue weighted by molar-refractivity contribution is 9.10. The van der Waals surface area contributed by atoms with E-state index in [1.54, 1.807) is 6.92 Å². The summed E-state index contributed by atoms with van der Waals surface area (Å²) in [6.07, 6.45) is 0.940. The minimum Gasteiger partial charge on any atom is -0.480 e. The Hall–Kier alpha value is -0.990. The number of halogens is 2. The summed E-state index contributed by atoms with van der Waals surface area (Å²) in [6.45, 7) is 1.80. The lowest BCUT2D eigenvalue weighted by Gasteiger charge is -2.33. The molecule has 0 saturated carbocycles. The minimum atomic E-state index is -4.01. The number of hydrogen-bond acceptors (Lipinski definition) is 3. The minimum absolute atomic E-state index is 0.0878. The summed E-state index contributed by atoms with van der Waals surface area (Å²) in [6, 6.07) is 3.24. The van der Waals surface area contributed by atoms with Crippen molar-refractivity contribution in [2.75, 3.05) is 6.54 Å². The van der Waals surface area contributed by atoms with E-state index in [0.29, 0.717) is 6.42 Å². The van der Waals surface area contributed by atoms with Crippen LogP contribution in [0.15, 0.2) is 27.6 Å². The molecule has 1 unspecified atom stereocenters. The van der Waals surface area contributed by atoms with Crippen molar-refractivity contribution in [1.82, 2.24) is 4.31 Å². The lowest BCUT2D eigenvalue weighted by Crippen LogP contribution is -2.52. The third kappa shape index (κ3) is 2.60. The van der Waals surface area contributed by atoms with Gasteiger partial charge in [-0.2, -0.15) is 4.31 Å². The molecule has 1 aliphatic rings. The highest BCUT2D eigenvalue weighted by atomic mass is 79.9. The standard InChI is InChI=1S/C13H15BrFNO4S/c1-2-13(12(17)18)6-3-7-16(13)21(19,20)11-5-4-9(15)8-10(11)14/h4-5,8H,2-3,6-7H2,1H3,(H,17,18). The number of nitrogens with zero attached hydrogens (tertiary/aromatic N) is 1. The fraction of sp³-hybridized carbons (Fsp3) is 0.462. The van der Waals surface area contributed by atoms with Gasteiger partial charge in [-0.3, -0.25) is 4.79 Å². The molecule has 1 saturated heterocycles. The SMILES string of the molecule is CCC1(C(=O)O)CCCN1S(=O)(=O)c1ccc(F)cc1Br. The summed E-state index contributed by atoms with van der Waals surface area (Å²) in [7, 11) is -4.01. The summed E-state index contributed by atoms with van der Waals surface area (Å²) < 4.78 is 39.8. The third-order valence-corrected chi connectivity index (χ3v) is 6.82. The summed E-state index contributed by atoms with van der Waals surface area (Å²) in [5.74, 6) is -1.72. The molecule has 1 N–H and O–H groups in total. The van der Waals surface area contributed by atoms with E-state index >= 15 is 0 Å². The van der Waals surface area contributed by atoms with Gasteiger partial charge in [0, 0.05) is 11.0 Å². The van der Waals surface area contributed by atoms with Crippen molar-refractivity contribution in [3.8, 4) is 0 Å². The molecule has 5 nitrogen and oxygen atoms in total. The summed E-state index contributed by atoms with van der Waals surface area (Å²) in [5.41, 5.74) is -1.42. The molecule has 21 heavy (non-hydrogen) atoms. The molecule has 1 aromatic carbocycles. The molecule has 0 aromatic heterocycles. The smallest absolute Gasteiger partial charge is 0.325 e. The predicted octanol–water partition coefficient (Wildman–Crippen LogP) is 2.61. The van der Waals surface area contributed by atoms with Crippen molar-refractivity contribution >= 4 is 31.9 Å². The predicted molar refractivity (Wildman–Crippen MR) is 77.9 cm³/mol. The molecule has 0 spiro atoms. The molecule has 0 amide bonds. The monoisotopic (exact) mass is 379 g/mol. The van der Waals surface area contributed by atoms with E-state index in [1.165, 1.54) is 0 Å². The molecule has 0 radical (unpaired) electrons. The van der Waals surface area contributed by atoms with Crippen LogP contribution in [0, 0.1) is 5.82 Å². The Kier molecular flexibility index (Phi) is 4.41. The van der Waals surface area contributed by atoms with Crippen molar-refractivity contribution in [1.29, 1.82) is 0 Å². The first-order valence-electron chi connectivity index (χ1n) is 6.47. The van der Waals surface area contributed by atoms with E-state index in [4.69, 9.17) is 0 Å². The van der Waals surface area contributed by atoms with Crippen molar-refractivity contribution < 1.29 is 22.7 Å². The van der Waals surface area contributed by atoms with Gasteiger partial charge >= 0.3 is 5.97 Å². The topological polar surface area (TPSA) is 74.7 Å². The largest absolute Gasteiger partial charge is 0.480 e. The normalized spacial score (nSPS) is 23.4. The van der Waals surface area contributed by atoms with Gasteiger partial charge < -0.3 is 5.11 Å². The average molecular weight is 380 g/mol. The number of benzene rings is 1. The van der Waals surface area contributed by atoms with Crippen LogP contribution in [0.1, 0.15) is 26.2 Å². The lowest BCUT2D eigenvalue weighted by atomic mass is 9.95. The van der Waals surface area contributed by atoms with Gasteiger partial charge in [-0.15, -0.1) is 0 Å². The maximum atomic E-state index is 13.1. The van der Waals surface area contributed by atoms with Crippen LogP contribution >= 0.6 is 15.9 Å². The van der Waals surface area contributed by atoms with Crippen molar-refractivity contribution in [3.63, 3.8) is 0 Å². The van der Waals surface area contributed by atoms with Crippen LogP contribution in [0.5, 0.6) is 0 Å². The van der Waals surface area contributed by atoms with Gasteiger partial charge in [-0.1, -0.05) is 6.92 Å². The Morgan fingerprint density at radius 3 is 2.71 bits per heavy atom. The van der Waals surface area contributed by atoms with Crippen LogP contribution in [-0.2, 0) is 14.8 Å². The number of aliphatic carboxylic acids is 1. The number of hydrogen-bond donors (Lipinski definition) is 1. The summed E-state index contributed by atoms with van der Waals surface area (Å²) in [4.78, 5) is 11.5. The second kappa shape index (κ2) is 5.66. The number of carboxylic acids is 1. The van der Waals surface area contributed by atoms with E-state index in [9.17, 15) is 22.7 Å². The Bertz CT molecular complexity index is 679. The highest BCUT2D eigenvalue weighted by Gasteiger charge is 2.52. The highest BCUT2D eigenvalue weighted by Crippen LogP contribution is 2.39. The van der Waals surface area contributed by atoms with Gasteiger partial charge in [0.15, 0.2) is 0 Å². The van der Waals surface area contributed by atoms with Crippen LogP contribution in [0.25, 0.3) is 0 Å². The first kappa shape index (κ1) is 16.4. The van der Waals surface area contributed by atoms with Gasteiger partial charge in [0.25, 0.3) is 0 Å². The molecule has 116 valence electrons. The van der Waals surface area contributed by atoms with Crippen molar-refractivity contribution in [3.05, 3.63) is 28.5 Å². The molecule has 0 bridgehead atoms. The number of carbonyl (C=O) groups is 1. The lowest BCUT2D eigenvalue weighted by molar-refractivity contribution is -0.147. The van der Waals surface area contributed by atoms with E-state index in [0.717, 1.165) is 22.5 Å². The number of sulfonamides is 1. The van der Waals surface area contributed by atoms with Gasteiger partial charge in [-0.25, -0.2) is 12.8 Å². The maximum absolute atomic E-state index is 13.1. The fourth-order valence-electron chi connectivity index (χ4n) is 2.73. The van der Waals surface area contributed by atoms with E-state index in [-0.39, 0.29) is 28.8 Å². The molecular formula is C13H15BrFNO4S. The quantitative estimate of drug-likeness (QED) is 0.872. The second-order valence-corrected chi connectivity index (χ2v) is 7.63. The number of carboxylic acid groups (broad SMARTS) is 1. The third-order valence-electron chi connectivity index (χ3n) is 3.87. The van der Waals surface area contributed by atoms with E-state index in [1.807, 2.05) is 0 Å². The summed E-state index contributed by atoms with van der Waals surface area (Å²) in [5, 5.41) is 9.48. The molecular weight excluding hydrogens is 365 g/mol. The van der Waals surface area contributed by atoms with Crippen molar-refractivity contribution in [2.24, 2.45) is 0 Å². The maximum Gasteiger partial charge on any atom is 0.325 e. The average Bonchev–Trinajstić information content (AvgIpc) is 2.84. The first-order valence-corrected chi connectivity index (χ1v) is 8.70. The molecule has 1 aromatic rings. The molecule has 1 aliphatic heterocycles. The zero-order valence-electron chi connectivity index (χ0n) is 11.3. The van der Waals surface area contributed by atoms with E-state index in [2.05, 4.69) is 15.9 Å². The van der Waals surface area contributed by atoms with Gasteiger partial charge in [0.1, 0.15) is 11.4 Å². The van der Waals surface area contributed by atoms with Crippen LogP contribution in [0.4, 0.5) is 4.39 Å². The summed E-state index contributed by atoms with van der Waals surface area (Å²) >= 11 is 3.03. The van der Waals surface area contributed by atoms with Crippen LogP contribution in [0.3, 0.4) is 0 Å². The Labute approximate surface area is 130 Å². The van der Waals surface area contributed by atoms with Crippen LogP contribution in [0.2, 0.25) is 0 Å². The van der Waals surface area contributed by atoms with Crippen molar-refractivity contribution in [2.45, 2.75) is 36.6 Å². The number of rotatable bonds is 4. The zero-order valence-corrected chi connectivity index (χ0v) is 13.7. The Morgan fingerprint density at radius 1 is 1.52 bits per heavy atom. The van der Waals surface area contributed by atoms with Gasteiger partial charge in [0.05, 0.1) is 4.90 Å². The molecule has 0 aliphatic carbocycles. The molecule has 8 heteroatoms. The molecule has 2 rings (SSSR count). The molecule has 1 fully saturated rings. The molecule has 1 atom stereocenters. The first-order chi connectivity index (χ1) is 9.75. The Morgan fingerprint density at radius 2 is 2.19 bits per heavy atom. The van der Waals surface area contributed by atoms with E-state index < -0.39 is 27.3 Å². The van der Waals surface area contributed by atoms with Gasteiger partial charge in [-0.05, 0) is 53.4 Å².